The van der Waals surface area contributed by atoms with Crippen LogP contribution in [0.1, 0.15) is 39.0 Å². The fourth-order valence-electron chi connectivity index (χ4n) is 3.11. The lowest BCUT2D eigenvalue weighted by Gasteiger charge is -2.18. The van der Waals surface area contributed by atoms with Crippen LogP contribution in [0.4, 0.5) is 5.69 Å². The molecule has 1 aliphatic rings. The summed E-state index contributed by atoms with van der Waals surface area (Å²) in [6.45, 7) is 5.18. The number of hydrogen-bond donors (Lipinski definition) is 1. The van der Waals surface area contributed by atoms with E-state index in [1.807, 2.05) is 12.1 Å². The van der Waals surface area contributed by atoms with Gasteiger partial charge >= 0.3 is 0 Å². The van der Waals surface area contributed by atoms with E-state index in [2.05, 4.69) is 43.4 Å². The van der Waals surface area contributed by atoms with E-state index in [0.29, 0.717) is 6.42 Å². The second-order valence-corrected chi connectivity index (χ2v) is 6.00. The normalized spacial score (nSPS) is 13.4. The third kappa shape index (κ3) is 3.15. The Hall–Kier alpha value is -2.09. The van der Waals surface area contributed by atoms with Gasteiger partial charge in [-0.05, 0) is 56.0 Å². The molecule has 2 aromatic carbocycles. The Morgan fingerprint density at radius 3 is 2.62 bits per heavy atom. The topological polar surface area (TPSA) is 29.1 Å². The molecule has 21 heavy (non-hydrogen) atoms. The molecule has 1 aliphatic heterocycles. The third-order valence-corrected chi connectivity index (χ3v) is 4.01. The zero-order valence-electron chi connectivity index (χ0n) is 12.7. The van der Waals surface area contributed by atoms with Crippen molar-refractivity contribution in [3.05, 3.63) is 64.2 Å². The second kappa shape index (κ2) is 5.72. The van der Waals surface area contributed by atoms with Crippen LogP contribution in [0.5, 0.6) is 0 Å². The van der Waals surface area contributed by atoms with Crippen LogP contribution in [0.25, 0.3) is 0 Å². The number of carbonyl (C=O) groups excluding carboxylic acids is 1. The standard InChI is InChI=1S/C19H21NO/c1-13-8-14(2)10-15(9-13)11-19(21)17-5-6-18-16(12-17)4-3-7-20-18/h5-6,8-10,12,20H,3-4,7,11H2,1-2H3. The lowest BCUT2D eigenvalue weighted by atomic mass is 9.96. The Kier molecular flexibility index (Phi) is 3.78. The van der Waals surface area contributed by atoms with Gasteiger partial charge in [-0.25, -0.2) is 0 Å². The molecule has 0 aliphatic carbocycles. The van der Waals surface area contributed by atoms with Gasteiger partial charge in [0, 0.05) is 24.2 Å². The molecule has 0 saturated carbocycles. The summed E-state index contributed by atoms with van der Waals surface area (Å²) in [5, 5.41) is 3.38. The summed E-state index contributed by atoms with van der Waals surface area (Å²) in [4.78, 5) is 12.5. The van der Waals surface area contributed by atoms with Crippen LogP contribution in [0.15, 0.2) is 36.4 Å². The molecule has 0 atom stereocenters. The zero-order valence-corrected chi connectivity index (χ0v) is 12.7. The first-order valence-corrected chi connectivity index (χ1v) is 7.59. The summed E-state index contributed by atoms with van der Waals surface area (Å²) in [5.74, 6) is 0.202. The molecule has 3 rings (SSSR count). The van der Waals surface area contributed by atoms with Crippen LogP contribution in [0, 0.1) is 13.8 Å². The summed E-state index contributed by atoms with van der Waals surface area (Å²) in [6.07, 6.45) is 2.68. The number of fused-ring (bicyclic) bond motifs is 1. The summed E-state index contributed by atoms with van der Waals surface area (Å²) in [6, 6.07) is 12.4. The number of ketones is 1. The number of nitrogens with one attached hydrogen (secondary N) is 1. The molecular weight excluding hydrogens is 258 g/mol. The van der Waals surface area contributed by atoms with E-state index in [0.717, 1.165) is 30.5 Å². The summed E-state index contributed by atoms with van der Waals surface area (Å²) in [7, 11) is 0. The van der Waals surface area contributed by atoms with E-state index in [1.165, 1.54) is 22.4 Å². The third-order valence-electron chi connectivity index (χ3n) is 4.01. The predicted molar refractivity (Wildman–Crippen MR) is 87.2 cm³/mol. The number of benzene rings is 2. The Labute approximate surface area is 126 Å². The number of carbonyl (C=O) groups is 1. The van der Waals surface area contributed by atoms with Gasteiger partial charge in [-0.15, -0.1) is 0 Å². The summed E-state index contributed by atoms with van der Waals surface area (Å²) >= 11 is 0. The van der Waals surface area contributed by atoms with Crippen molar-refractivity contribution in [2.45, 2.75) is 33.1 Å². The van der Waals surface area contributed by atoms with Gasteiger partial charge in [0.25, 0.3) is 0 Å². The molecule has 1 heterocycles. The molecule has 0 aromatic heterocycles. The average molecular weight is 279 g/mol. The summed E-state index contributed by atoms with van der Waals surface area (Å²) in [5.41, 5.74) is 6.82. The molecule has 108 valence electrons. The highest BCUT2D eigenvalue weighted by Gasteiger charge is 2.13. The van der Waals surface area contributed by atoms with Gasteiger partial charge in [-0.3, -0.25) is 4.79 Å². The zero-order chi connectivity index (χ0) is 14.8. The van der Waals surface area contributed by atoms with Crippen LogP contribution in [0.2, 0.25) is 0 Å². The minimum atomic E-state index is 0.202. The number of Topliss-reactive ketones (excluding diaryl/α,β-unsaturated/α-hetero) is 1. The van der Waals surface area contributed by atoms with Crippen molar-refractivity contribution < 1.29 is 4.79 Å². The number of aryl methyl sites for hydroxylation is 3. The van der Waals surface area contributed by atoms with Crippen molar-refractivity contribution in [3.63, 3.8) is 0 Å². The van der Waals surface area contributed by atoms with Crippen LogP contribution in [-0.4, -0.2) is 12.3 Å². The average Bonchev–Trinajstić information content (AvgIpc) is 2.45. The molecule has 0 radical (unpaired) electrons. The van der Waals surface area contributed by atoms with E-state index < -0.39 is 0 Å². The minimum Gasteiger partial charge on any atom is -0.385 e. The van der Waals surface area contributed by atoms with Crippen LogP contribution in [-0.2, 0) is 12.8 Å². The smallest absolute Gasteiger partial charge is 0.167 e. The molecule has 0 unspecified atom stereocenters. The molecular formula is C19H21NO. The van der Waals surface area contributed by atoms with Crippen LogP contribution in [0.3, 0.4) is 0 Å². The van der Waals surface area contributed by atoms with Crippen molar-refractivity contribution in [1.29, 1.82) is 0 Å². The van der Waals surface area contributed by atoms with Gasteiger partial charge in [0.1, 0.15) is 0 Å². The SMILES string of the molecule is Cc1cc(C)cc(CC(=O)c2ccc3c(c2)CCCN3)c1. The highest BCUT2D eigenvalue weighted by molar-refractivity contribution is 5.98. The van der Waals surface area contributed by atoms with Gasteiger partial charge in [-0.2, -0.15) is 0 Å². The van der Waals surface area contributed by atoms with E-state index in [1.54, 1.807) is 0 Å². The quantitative estimate of drug-likeness (QED) is 0.857. The van der Waals surface area contributed by atoms with Crippen molar-refractivity contribution in [3.8, 4) is 0 Å². The first-order valence-electron chi connectivity index (χ1n) is 7.59. The minimum absolute atomic E-state index is 0.202. The number of rotatable bonds is 3. The molecule has 0 amide bonds. The van der Waals surface area contributed by atoms with E-state index in [-0.39, 0.29) is 5.78 Å². The molecule has 0 spiro atoms. The molecule has 1 N–H and O–H groups in total. The first kappa shape index (κ1) is 13.9. The van der Waals surface area contributed by atoms with Crippen LogP contribution < -0.4 is 5.32 Å². The molecule has 2 nitrogen and oxygen atoms in total. The fraction of sp³-hybridized carbons (Fsp3) is 0.316. The van der Waals surface area contributed by atoms with Gasteiger partial charge in [0.15, 0.2) is 5.78 Å². The maximum atomic E-state index is 12.5. The lowest BCUT2D eigenvalue weighted by molar-refractivity contribution is 0.0993. The van der Waals surface area contributed by atoms with Gasteiger partial charge < -0.3 is 5.32 Å². The monoisotopic (exact) mass is 279 g/mol. The second-order valence-electron chi connectivity index (χ2n) is 6.00. The van der Waals surface area contributed by atoms with Crippen LogP contribution >= 0.6 is 0 Å². The Balaban J connectivity index is 1.82. The largest absolute Gasteiger partial charge is 0.385 e. The molecule has 2 aromatic rings. The number of anilines is 1. The first-order chi connectivity index (χ1) is 10.1. The molecule has 0 saturated heterocycles. The summed E-state index contributed by atoms with van der Waals surface area (Å²) < 4.78 is 0. The predicted octanol–water partition coefficient (Wildman–Crippen LogP) is 4.09. The molecule has 0 bridgehead atoms. The highest BCUT2D eigenvalue weighted by atomic mass is 16.1. The van der Waals surface area contributed by atoms with E-state index >= 15 is 0 Å². The Morgan fingerprint density at radius 1 is 1.10 bits per heavy atom. The van der Waals surface area contributed by atoms with Crippen molar-refractivity contribution >= 4 is 11.5 Å². The van der Waals surface area contributed by atoms with E-state index in [4.69, 9.17) is 0 Å². The van der Waals surface area contributed by atoms with Gasteiger partial charge in [0.2, 0.25) is 0 Å². The van der Waals surface area contributed by atoms with Gasteiger partial charge in [0.05, 0.1) is 0 Å². The number of hydrogen-bond acceptors (Lipinski definition) is 2. The molecule has 2 heteroatoms. The van der Waals surface area contributed by atoms with Crippen molar-refractivity contribution in [2.24, 2.45) is 0 Å². The van der Waals surface area contributed by atoms with E-state index in [9.17, 15) is 4.79 Å². The Bertz CT molecular complexity index is 668. The maximum absolute atomic E-state index is 12.5. The molecule has 0 fully saturated rings. The van der Waals surface area contributed by atoms with Crippen molar-refractivity contribution in [2.75, 3.05) is 11.9 Å². The van der Waals surface area contributed by atoms with Gasteiger partial charge in [-0.1, -0.05) is 29.3 Å². The van der Waals surface area contributed by atoms with Crippen molar-refractivity contribution in [1.82, 2.24) is 0 Å². The lowest BCUT2D eigenvalue weighted by Crippen LogP contribution is -2.13. The highest BCUT2D eigenvalue weighted by Crippen LogP contribution is 2.23. The Morgan fingerprint density at radius 2 is 1.86 bits per heavy atom. The fourth-order valence-corrected chi connectivity index (χ4v) is 3.11. The maximum Gasteiger partial charge on any atom is 0.167 e.